The molecule has 0 fully saturated rings. The standard InChI is InChI=1S/C23H15BrCl2N2O/c24-21-11-15(8-9-16(21)12-17-4-1-2-7-22(17)26)10-18(14-27)23(29)28-20-6-3-5-19(25)13-20/h1-11,13H,12H2,(H,28,29)/b18-10+. The summed E-state index contributed by atoms with van der Waals surface area (Å²) in [6, 6.07) is 22.1. The molecule has 1 amide bonds. The van der Waals surface area contributed by atoms with Gasteiger partial charge in [0.1, 0.15) is 11.6 Å². The third-order valence-corrected chi connectivity index (χ3v) is 5.52. The van der Waals surface area contributed by atoms with Gasteiger partial charge in [0.15, 0.2) is 0 Å². The average molecular weight is 486 g/mol. The number of benzene rings is 3. The molecule has 144 valence electrons. The molecule has 0 aliphatic carbocycles. The summed E-state index contributed by atoms with van der Waals surface area (Å²) in [6.45, 7) is 0. The van der Waals surface area contributed by atoms with Crippen molar-refractivity contribution in [3.63, 3.8) is 0 Å². The molecular weight excluding hydrogens is 471 g/mol. The molecule has 0 aromatic heterocycles. The second-order valence-electron chi connectivity index (χ2n) is 6.25. The van der Waals surface area contributed by atoms with Gasteiger partial charge < -0.3 is 5.32 Å². The van der Waals surface area contributed by atoms with Crippen molar-refractivity contribution in [3.05, 3.63) is 104 Å². The molecule has 0 radical (unpaired) electrons. The molecule has 0 spiro atoms. The molecule has 3 aromatic rings. The Morgan fingerprint density at radius 2 is 1.83 bits per heavy atom. The van der Waals surface area contributed by atoms with Crippen LogP contribution in [0.25, 0.3) is 6.08 Å². The maximum atomic E-state index is 12.4. The molecule has 0 bridgehead atoms. The fourth-order valence-electron chi connectivity index (χ4n) is 2.72. The number of hydrogen-bond acceptors (Lipinski definition) is 2. The molecular formula is C23H15BrCl2N2O. The van der Waals surface area contributed by atoms with E-state index in [-0.39, 0.29) is 5.57 Å². The van der Waals surface area contributed by atoms with Crippen molar-refractivity contribution in [1.82, 2.24) is 0 Å². The van der Waals surface area contributed by atoms with Gasteiger partial charge in [0.2, 0.25) is 0 Å². The summed E-state index contributed by atoms with van der Waals surface area (Å²) in [5.74, 6) is -0.494. The van der Waals surface area contributed by atoms with Gasteiger partial charge in [0.05, 0.1) is 0 Å². The number of nitrogens with one attached hydrogen (secondary N) is 1. The Labute approximate surface area is 187 Å². The molecule has 0 saturated heterocycles. The van der Waals surface area contributed by atoms with Crippen LogP contribution >= 0.6 is 39.1 Å². The van der Waals surface area contributed by atoms with Crippen molar-refractivity contribution in [1.29, 1.82) is 5.26 Å². The molecule has 1 N–H and O–H groups in total. The predicted octanol–water partition coefficient (Wildman–Crippen LogP) is 6.89. The van der Waals surface area contributed by atoms with Crippen LogP contribution in [-0.2, 0) is 11.2 Å². The number of nitrogens with zero attached hydrogens (tertiary/aromatic N) is 1. The summed E-state index contributed by atoms with van der Waals surface area (Å²) in [5.41, 5.74) is 3.34. The van der Waals surface area contributed by atoms with Crippen molar-refractivity contribution in [2.75, 3.05) is 5.32 Å². The lowest BCUT2D eigenvalue weighted by Gasteiger charge is -2.08. The lowest BCUT2D eigenvalue weighted by Crippen LogP contribution is -2.13. The monoisotopic (exact) mass is 484 g/mol. The first-order valence-electron chi connectivity index (χ1n) is 8.67. The summed E-state index contributed by atoms with van der Waals surface area (Å²) in [5, 5.41) is 13.3. The first-order valence-corrected chi connectivity index (χ1v) is 10.2. The first kappa shape index (κ1) is 21.1. The fourth-order valence-corrected chi connectivity index (χ4v) is 3.65. The van der Waals surface area contributed by atoms with Gasteiger partial charge in [-0.05, 0) is 53.1 Å². The number of carbonyl (C=O) groups is 1. The number of anilines is 1. The third kappa shape index (κ3) is 5.71. The van der Waals surface area contributed by atoms with E-state index in [0.29, 0.717) is 22.2 Å². The Kier molecular flexibility index (Phi) is 7.11. The van der Waals surface area contributed by atoms with Gasteiger partial charge in [-0.15, -0.1) is 0 Å². The van der Waals surface area contributed by atoms with Crippen LogP contribution in [0.3, 0.4) is 0 Å². The molecule has 0 atom stereocenters. The van der Waals surface area contributed by atoms with Gasteiger partial charge >= 0.3 is 0 Å². The Morgan fingerprint density at radius 1 is 1.03 bits per heavy atom. The van der Waals surface area contributed by atoms with Gasteiger partial charge in [-0.1, -0.05) is 75.5 Å². The van der Waals surface area contributed by atoms with Crippen LogP contribution in [0.1, 0.15) is 16.7 Å². The third-order valence-electron chi connectivity index (χ3n) is 4.17. The maximum absolute atomic E-state index is 12.4. The quantitative estimate of drug-likeness (QED) is 0.316. The normalized spacial score (nSPS) is 11.0. The van der Waals surface area contributed by atoms with Gasteiger partial charge in [-0.3, -0.25) is 4.79 Å². The maximum Gasteiger partial charge on any atom is 0.266 e. The summed E-state index contributed by atoms with van der Waals surface area (Å²) in [7, 11) is 0. The largest absolute Gasteiger partial charge is 0.321 e. The van der Waals surface area contributed by atoms with Crippen molar-refractivity contribution in [2.24, 2.45) is 0 Å². The summed E-state index contributed by atoms with van der Waals surface area (Å²) < 4.78 is 0.874. The van der Waals surface area contributed by atoms with E-state index in [1.807, 2.05) is 48.5 Å². The molecule has 6 heteroatoms. The van der Waals surface area contributed by atoms with Crippen molar-refractivity contribution in [3.8, 4) is 6.07 Å². The lowest BCUT2D eigenvalue weighted by molar-refractivity contribution is -0.112. The van der Waals surface area contributed by atoms with Gasteiger partial charge in [-0.2, -0.15) is 5.26 Å². The minimum absolute atomic E-state index is 0.00395. The van der Waals surface area contributed by atoms with Crippen molar-refractivity contribution >= 4 is 56.8 Å². The number of hydrogen-bond donors (Lipinski definition) is 1. The van der Waals surface area contributed by atoms with E-state index in [1.165, 1.54) is 0 Å². The zero-order chi connectivity index (χ0) is 20.8. The molecule has 0 aliphatic heterocycles. The highest BCUT2D eigenvalue weighted by Crippen LogP contribution is 2.26. The van der Waals surface area contributed by atoms with Crippen LogP contribution in [0.2, 0.25) is 10.0 Å². The van der Waals surface area contributed by atoms with E-state index < -0.39 is 5.91 Å². The van der Waals surface area contributed by atoms with E-state index in [1.54, 1.807) is 30.3 Å². The van der Waals surface area contributed by atoms with Gasteiger partial charge in [0.25, 0.3) is 5.91 Å². The van der Waals surface area contributed by atoms with Gasteiger partial charge in [0, 0.05) is 26.6 Å². The number of carbonyl (C=O) groups excluding carboxylic acids is 1. The molecule has 29 heavy (non-hydrogen) atoms. The number of rotatable bonds is 5. The summed E-state index contributed by atoms with van der Waals surface area (Å²) >= 11 is 15.7. The zero-order valence-electron chi connectivity index (χ0n) is 15.1. The SMILES string of the molecule is N#C/C(=C\c1ccc(Cc2ccccc2Cl)c(Br)c1)C(=O)Nc1cccc(Cl)c1. The summed E-state index contributed by atoms with van der Waals surface area (Å²) in [6.07, 6.45) is 2.22. The minimum Gasteiger partial charge on any atom is -0.321 e. The number of nitriles is 1. The van der Waals surface area contributed by atoms with Crippen molar-refractivity contribution < 1.29 is 4.79 Å². The average Bonchev–Trinajstić information content (AvgIpc) is 2.69. The Bertz CT molecular complexity index is 1140. The minimum atomic E-state index is -0.494. The Morgan fingerprint density at radius 3 is 2.52 bits per heavy atom. The second kappa shape index (κ2) is 9.76. The fraction of sp³-hybridized carbons (Fsp3) is 0.0435. The van der Waals surface area contributed by atoms with E-state index >= 15 is 0 Å². The van der Waals surface area contributed by atoms with Crippen LogP contribution < -0.4 is 5.32 Å². The highest BCUT2D eigenvalue weighted by atomic mass is 79.9. The molecule has 0 aliphatic rings. The summed E-state index contributed by atoms with van der Waals surface area (Å²) in [4.78, 5) is 12.4. The number of halogens is 3. The highest BCUT2D eigenvalue weighted by molar-refractivity contribution is 9.10. The second-order valence-corrected chi connectivity index (χ2v) is 7.95. The van der Waals surface area contributed by atoms with Crippen molar-refractivity contribution in [2.45, 2.75) is 6.42 Å². The molecule has 0 unspecified atom stereocenters. The zero-order valence-corrected chi connectivity index (χ0v) is 18.2. The molecule has 0 saturated carbocycles. The van der Waals surface area contributed by atoms with E-state index in [2.05, 4.69) is 21.2 Å². The van der Waals surface area contributed by atoms with Crippen LogP contribution in [0.4, 0.5) is 5.69 Å². The molecule has 3 aromatic carbocycles. The highest BCUT2D eigenvalue weighted by Gasteiger charge is 2.11. The Balaban J connectivity index is 1.79. The van der Waals surface area contributed by atoms with Crippen LogP contribution in [-0.4, -0.2) is 5.91 Å². The predicted molar refractivity (Wildman–Crippen MR) is 122 cm³/mol. The van der Waals surface area contributed by atoms with Crippen LogP contribution in [0, 0.1) is 11.3 Å². The topological polar surface area (TPSA) is 52.9 Å². The number of amides is 1. The van der Waals surface area contributed by atoms with Crippen LogP contribution in [0.15, 0.2) is 76.8 Å². The molecule has 3 nitrogen and oxygen atoms in total. The molecule has 0 heterocycles. The van der Waals surface area contributed by atoms with E-state index in [4.69, 9.17) is 23.2 Å². The van der Waals surface area contributed by atoms with Gasteiger partial charge in [-0.25, -0.2) is 0 Å². The smallest absolute Gasteiger partial charge is 0.266 e. The first-order chi connectivity index (χ1) is 14.0. The molecule has 3 rings (SSSR count). The van der Waals surface area contributed by atoms with Crippen LogP contribution in [0.5, 0.6) is 0 Å². The Hall–Kier alpha value is -2.58. The lowest BCUT2D eigenvalue weighted by atomic mass is 10.0. The van der Waals surface area contributed by atoms with E-state index in [9.17, 15) is 10.1 Å². The van der Waals surface area contributed by atoms with E-state index in [0.717, 1.165) is 21.2 Å².